The Morgan fingerprint density at radius 3 is 2.00 bits per heavy atom. The predicted octanol–water partition coefficient (Wildman–Crippen LogP) is -0.547. The molecule has 0 fully saturated rings. The van der Waals surface area contributed by atoms with Gasteiger partial charge in [-0.15, -0.1) is 0 Å². The average molecular weight is 290 g/mol. The largest absolute Gasteiger partial charge is 0.598 e. The molecule has 13 heavy (non-hydrogen) atoms. The lowest BCUT2D eigenvalue weighted by atomic mass is 15.8. The maximum atomic E-state index is 10.6. The molecule has 0 aromatic rings. The van der Waals surface area contributed by atoms with Gasteiger partial charge < -0.3 is 14.3 Å². The molecule has 0 spiro atoms. The molecule has 0 bridgehead atoms. The zero-order valence-electron chi connectivity index (χ0n) is 5.54. The highest BCUT2D eigenvalue weighted by Crippen LogP contribution is 2.56. The van der Waals surface area contributed by atoms with Crippen LogP contribution in [0.25, 0.3) is 0 Å². The second-order valence-electron chi connectivity index (χ2n) is 1.48. The topological polar surface area (TPSA) is 144 Å². The molecule has 0 heterocycles. The quantitative estimate of drug-likeness (QED) is 0.234. The van der Waals surface area contributed by atoms with Crippen molar-refractivity contribution in [3.8, 4) is 0 Å². The van der Waals surface area contributed by atoms with Crippen molar-refractivity contribution in [2.75, 3.05) is 0 Å². The minimum Gasteiger partial charge on any atom is -0.598 e. The molecule has 80 valence electrons. The maximum absolute atomic E-state index is 10.6. The predicted molar refractivity (Wildman–Crippen MR) is 48.2 cm³/mol. The van der Waals surface area contributed by atoms with Crippen LogP contribution in [0, 0.1) is 0 Å². The SMILES string of the molecule is O=S(OP(=O)(O)[S+]([O-])S)P(=O)(O)O. The minimum atomic E-state index is -5.14. The van der Waals surface area contributed by atoms with Crippen molar-refractivity contribution in [3.63, 3.8) is 0 Å². The van der Waals surface area contributed by atoms with Gasteiger partial charge in [0, 0.05) is 0 Å². The molecule has 3 atom stereocenters. The Kier molecular flexibility index (Phi) is 5.16. The van der Waals surface area contributed by atoms with E-state index in [0.29, 0.717) is 0 Å². The molecule has 0 aromatic heterocycles. The van der Waals surface area contributed by atoms with E-state index in [0.717, 1.165) is 0 Å². The Morgan fingerprint density at radius 2 is 1.77 bits per heavy atom. The van der Waals surface area contributed by atoms with Gasteiger partial charge in [0.2, 0.25) is 0 Å². The first-order valence-corrected chi connectivity index (χ1v) is 9.87. The molecule has 0 radical (unpaired) electrons. The summed E-state index contributed by atoms with van der Waals surface area (Å²) in [4.78, 5) is 24.9. The van der Waals surface area contributed by atoms with Crippen molar-refractivity contribution in [2.45, 2.75) is 0 Å². The first-order valence-electron chi connectivity index (χ1n) is 2.20. The van der Waals surface area contributed by atoms with Crippen LogP contribution < -0.4 is 0 Å². The van der Waals surface area contributed by atoms with E-state index in [4.69, 9.17) is 14.7 Å². The summed E-state index contributed by atoms with van der Waals surface area (Å²) in [5.74, 6) is 0. The third-order valence-corrected chi connectivity index (χ3v) is 7.95. The molecule has 8 nitrogen and oxygen atoms in total. The summed E-state index contributed by atoms with van der Waals surface area (Å²) in [6.45, 7) is -10.0. The molecule has 0 aliphatic heterocycles. The van der Waals surface area contributed by atoms with Gasteiger partial charge in [-0.2, -0.15) is 3.97 Å². The normalized spacial score (nSPS) is 21.9. The smallest absolute Gasteiger partial charge is 0.562 e. The summed E-state index contributed by atoms with van der Waals surface area (Å²) in [6, 6.07) is 0. The monoisotopic (exact) mass is 290 g/mol. The fraction of sp³-hybridized carbons (Fsp3) is 0. The van der Waals surface area contributed by atoms with E-state index in [1.807, 2.05) is 0 Å². The number of hydrogen-bond donors (Lipinski definition) is 4. The van der Waals surface area contributed by atoms with Crippen LogP contribution in [0.1, 0.15) is 0 Å². The van der Waals surface area contributed by atoms with Crippen molar-refractivity contribution < 1.29 is 36.5 Å². The molecule has 0 amide bonds. The Labute approximate surface area is 82.5 Å². The van der Waals surface area contributed by atoms with Crippen molar-refractivity contribution >= 4 is 45.8 Å². The van der Waals surface area contributed by atoms with E-state index in [9.17, 15) is 17.9 Å². The summed E-state index contributed by atoms with van der Waals surface area (Å²) >= 11 is 3.00. The van der Waals surface area contributed by atoms with Gasteiger partial charge in [-0.05, 0) is 0 Å². The maximum Gasteiger partial charge on any atom is 0.562 e. The van der Waals surface area contributed by atoms with E-state index in [2.05, 4.69) is 15.6 Å². The lowest BCUT2D eigenvalue weighted by Gasteiger charge is -2.09. The van der Waals surface area contributed by atoms with Gasteiger partial charge in [0.25, 0.3) is 10.7 Å². The van der Waals surface area contributed by atoms with Gasteiger partial charge in [-0.1, -0.05) is 0 Å². The molecule has 13 heteroatoms. The molecule has 3 unspecified atom stereocenters. The summed E-state index contributed by atoms with van der Waals surface area (Å²) in [7, 11) is -6.00. The third kappa shape index (κ3) is 4.93. The molecule has 0 aliphatic carbocycles. The fourth-order valence-electron chi connectivity index (χ4n) is 0.150. The molecular weight excluding hydrogens is 286 g/mol. The van der Waals surface area contributed by atoms with Gasteiger partial charge in [-0.3, -0.25) is 4.89 Å². The lowest BCUT2D eigenvalue weighted by Crippen LogP contribution is -2.01. The van der Waals surface area contributed by atoms with Crippen LogP contribution in [-0.2, 0) is 33.6 Å². The highest BCUT2D eigenvalue weighted by atomic mass is 33.4. The van der Waals surface area contributed by atoms with E-state index < -0.39 is 34.1 Å². The van der Waals surface area contributed by atoms with E-state index >= 15 is 0 Å². The highest BCUT2D eigenvalue weighted by molar-refractivity contribution is 8.88. The van der Waals surface area contributed by atoms with Crippen LogP contribution >= 0.6 is 25.3 Å². The van der Waals surface area contributed by atoms with E-state index in [1.165, 1.54) is 0 Å². The molecule has 0 aromatic carbocycles. The first-order chi connectivity index (χ1) is 5.57. The molecule has 0 aliphatic rings. The van der Waals surface area contributed by atoms with E-state index in [1.54, 1.807) is 0 Å². The van der Waals surface area contributed by atoms with Crippen molar-refractivity contribution in [1.29, 1.82) is 0 Å². The zero-order valence-corrected chi connectivity index (χ0v) is 9.86. The number of hydrogen-bond acceptors (Lipinski definition) is 6. The van der Waals surface area contributed by atoms with Crippen LogP contribution in [-0.4, -0.2) is 23.4 Å². The van der Waals surface area contributed by atoms with Crippen LogP contribution in [0.4, 0.5) is 0 Å². The molecule has 0 saturated carbocycles. The minimum absolute atomic E-state index is 2.68. The standard InChI is InChI=1S/H4O8P2S3/c1-9(2,3)12(6)8-10(4,5)13(7)11/h(H,4,5)(H,7,11)(H2,1,2,3). The van der Waals surface area contributed by atoms with E-state index in [-0.39, 0.29) is 0 Å². The molecule has 0 rings (SSSR count). The number of rotatable bonds is 4. The Bertz CT molecular complexity index is 288. The Balaban J connectivity index is 4.58. The van der Waals surface area contributed by atoms with Crippen molar-refractivity contribution in [2.24, 2.45) is 0 Å². The van der Waals surface area contributed by atoms with Gasteiger partial charge in [0.1, 0.15) is 9.83 Å². The fourth-order valence-corrected chi connectivity index (χ4v) is 5.05. The van der Waals surface area contributed by atoms with Crippen LogP contribution in [0.15, 0.2) is 0 Å². The second-order valence-corrected chi connectivity index (χ2v) is 11.5. The summed E-state index contributed by atoms with van der Waals surface area (Å²) in [6.07, 6.45) is 0. The van der Waals surface area contributed by atoms with Crippen LogP contribution in [0.5, 0.6) is 0 Å². The average Bonchev–Trinajstić information content (AvgIpc) is 1.83. The van der Waals surface area contributed by atoms with Crippen LogP contribution in [0.2, 0.25) is 0 Å². The summed E-state index contributed by atoms with van der Waals surface area (Å²) < 4.78 is 44.9. The zero-order chi connectivity index (χ0) is 10.9. The second kappa shape index (κ2) is 4.75. The summed E-state index contributed by atoms with van der Waals surface area (Å²) in [5, 5.41) is 0. The van der Waals surface area contributed by atoms with Gasteiger partial charge in [0.05, 0.1) is 11.7 Å². The molecule has 0 saturated heterocycles. The Hall–Kier alpha value is 1.11. The van der Waals surface area contributed by atoms with Crippen LogP contribution in [0.3, 0.4) is 0 Å². The molecular formula is H4O8P2S3. The number of thiol groups is 1. The molecule has 3 N–H and O–H groups in total. The lowest BCUT2D eigenvalue weighted by molar-refractivity contribution is 0.379. The van der Waals surface area contributed by atoms with Gasteiger partial charge >= 0.3 is 13.6 Å². The highest BCUT2D eigenvalue weighted by Gasteiger charge is 2.42. The van der Waals surface area contributed by atoms with Gasteiger partial charge in [-0.25, -0.2) is 13.3 Å². The van der Waals surface area contributed by atoms with Crippen molar-refractivity contribution in [1.82, 2.24) is 0 Å². The van der Waals surface area contributed by atoms with Crippen molar-refractivity contribution in [3.05, 3.63) is 0 Å². The Morgan fingerprint density at radius 1 is 1.38 bits per heavy atom. The van der Waals surface area contributed by atoms with Gasteiger partial charge in [0.15, 0.2) is 0 Å². The summed E-state index contributed by atoms with van der Waals surface area (Å²) in [5.41, 5.74) is 0. The third-order valence-electron chi connectivity index (χ3n) is 0.550. The first kappa shape index (κ1) is 14.1.